The van der Waals surface area contributed by atoms with Gasteiger partial charge in [0.05, 0.1) is 7.11 Å². The van der Waals surface area contributed by atoms with Crippen LogP contribution in [-0.4, -0.2) is 44.8 Å². The largest absolute Gasteiger partial charge is 0.466 e. The lowest BCUT2D eigenvalue weighted by atomic mass is 9.72. The summed E-state index contributed by atoms with van der Waals surface area (Å²) in [6.07, 6.45) is -5.65. The first kappa shape index (κ1) is 27.1. The van der Waals surface area contributed by atoms with Crippen LogP contribution in [0.3, 0.4) is 0 Å². The first-order chi connectivity index (χ1) is 13.7. The van der Waals surface area contributed by atoms with Crippen molar-refractivity contribution in [2.75, 3.05) is 7.11 Å². The number of carbonyl (C=O) groups excluding carboxylic acids is 1. The predicted molar refractivity (Wildman–Crippen MR) is 86.7 cm³/mol. The van der Waals surface area contributed by atoms with E-state index in [2.05, 4.69) is 8.92 Å². The van der Waals surface area contributed by atoms with Crippen molar-refractivity contribution in [2.45, 2.75) is 56.4 Å². The minimum atomic E-state index is -7.40. The Balaban J connectivity index is 3.34. The van der Waals surface area contributed by atoms with Gasteiger partial charge >= 0.3 is 39.4 Å². The second-order valence-corrected chi connectivity index (χ2v) is 8.75. The first-order valence-corrected chi connectivity index (χ1v) is 9.69. The van der Waals surface area contributed by atoms with Crippen molar-refractivity contribution < 1.29 is 61.6 Å². The normalized spacial score (nSPS) is 19.0. The Bertz CT molecular complexity index is 870. The summed E-state index contributed by atoms with van der Waals surface area (Å²) in [7, 11) is -6.01. The highest BCUT2D eigenvalue weighted by molar-refractivity contribution is 7.88. The maximum absolute atomic E-state index is 13.6. The maximum Gasteiger partial charge on any atom is 0.460 e. The van der Waals surface area contributed by atoms with E-state index in [4.69, 9.17) is 0 Å². The maximum atomic E-state index is 13.6. The lowest BCUT2D eigenvalue weighted by Gasteiger charge is -2.33. The van der Waals surface area contributed by atoms with E-state index in [0.29, 0.717) is 18.9 Å². The van der Waals surface area contributed by atoms with Crippen LogP contribution in [0.2, 0.25) is 0 Å². The second kappa shape index (κ2) is 8.20. The molecule has 0 saturated carbocycles. The van der Waals surface area contributed by atoms with Gasteiger partial charge in [0, 0.05) is 5.57 Å². The molecule has 0 radical (unpaired) electrons. The highest BCUT2D eigenvalue weighted by atomic mass is 32.2. The molecule has 0 N–H and O–H groups in total. The summed E-state index contributed by atoms with van der Waals surface area (Å²) in [6.45, 7) is 3.10. The van der Waals surface area contributed by atoms with Crippen molar-refractivity contribution in [1.82, 2.24) is 0 Å². The Morgan fingerprint density at radius 3 is 1.97 bits per heavy atom. The number of hydrogen-bond acceptors (Lipinski definition) is 5. The number of esters is 1. The van der Waals surface area contributed by atoms with Gasteiger partial charge in [-0.15, -0.1) is 0 Å². The highest BCUT2D eigenvalue weighted by Crippen LogP contribution is 2.55. The third-order valence-electron chi connectivity index (χ3n) is 4.56. The molecule has 1 aliphatic rings. The molecule has 1 rings (SSSR count). The van der Waals surface area contributed by atoms with Gasteiger partial charge in [0.25, 0.3) is 0 Å². The van der Waals surface area contributed by atoms with E-state index in [0.717, 1.165) is 7.11 Å². The summed E-state index contributed by atoms with van der Waals surface area (Å²) in [5.74, 6) is -15.7. The van der Waals surface area contributed by atoms with Gasteiger partial charge in [0.1, 0.15) is 6.26 Å². The summed E-state index contributed by atoms with van der Waals surface area (Å²) < 4.78 is 147. The van der Waals surface area contributed by atoms with E-state index in [1.165, 1.54) is 0 Å². The molecule has 1 aliphatic carbocycles. The monoisotopic (exact) mass is 492 g/mol. The fraction of sp³-hybridized carbons (Fsp3) is 0.688. The Morgan fingerprint density at radius 2 is 1.52 bits per heavy atom. The predicted octanol–water partition coefficient (Wildman–Crippen LogP) is 4.95. The topological polar surface area (TPSA) is 69.7 Å². The van der Waals surface area contributed by atoms with Crippen molar-refractivity contribution in [2.24, 2.45) is 5.41 Å². The number of hydrogen-bond donors (Lipinski definition) is 0. The van der Waals surface area contributed by atoms with Crippen LogP contribution in [0.4, 0.5) is 39.5 Å². The summed E-state index contributed by atoms with van der Waals surface area (Å²) in [5, 5.41) is -6.97. The third kappa shape index (κ3) is 4.65. The van der Waals surface area contributed by atoms with E-state index in [1.807, 2.05) is 0 Å². The standard InChI is InChI=1S/C16H17F9O5S/c1-12(2)7-4-5-9(11(26)29-3)10(12)6-8-30-31(27,28)16(24,25)14(19,20)13(17,18)15(21,22)23/h6,8H,4-5,7H2,1-3H3/b8-6+. The average Bonchev–Trinajstić information content (AvgIpc) is 2.60. The molecular formula is C16H17F9O5S. The Morgan fingerprint density at radius 1 is 1.00 bits per heavy atom. The van der Waals surface area contributed by atoms with Gasteiger partial charge in [0.15, 0.2) is 0 Å². The molecule has 0 bridgehead atoms. The van der Waals surface area contributed by atoms with Crippen molar-refractivity contribution in [3.8, 4) is 0 Å². The smallest absolute Gasteiger partial charge is 0.460 e. The molecule has 0 aliphatic heterocycles. The first-order valence-electron chi connectivity index (χ1n) is 8.29. The molecule has 5 nitrogen and oxygen atoms in total. The van der Waals surface area contributed by atoms with E-state index < -0.39 is 44.8 Å². The minimum Gasteiger partial charge on any atom is -0.466 e. The van der Waals surface area contributed by atoms with Gasteiger partial charge in [-0.3, -0.25) is 0 Å². The SMILES string of the molecule is COC(=O)C1=C(/C=C/OS(=O)(=O)C(F)(F)C(F)(F)C(F)(F)C(F)(F)F)C(C)(C)CCC1. The fourth-order valence-electron chi connectivity index (χ4n) is 2.79. The molecule has 0 unspecified atom stereocenters. The zero-order chi connectivity index (χ0) is 24.7. The summed E-state index contributed by atoms with van der Waals surface area (Å²) in [4.78, 5) is 11.8. The van der Waals surface area contributed by atoms with Gasteiger partial charge in [-0.2, -0.15) is 47.9 Å². The van der Waals surface area contributed by atoms with Crippen molar-refractivity contribution in [3.63, 3.8) is 0 Å². The molecule has 15 heteroatoms. The molecule has 0 aromatic heterocycles. The molecular weight excluding hydrogens is 475 g/mol. The molecule has 0 amide bonds. The van der Waals surface area contributed by atoms with Crippen LogP contribution in [0.1, 0.15) is 33.1 Å². The lowest BCUT2D eigenvalue weighted by Crippen LogP contribution is -2.63. The second-order valence-electron chi connectivity index (χ2n) is 7.14. The van der Waals surface area contributed by atoms with Crippen LogP contribution in [-0.2, 0) is 23.8 Å². The summed E-state index contributed by atoms with van der Waals surface area (Å²) >= 11 is 0. The van der Waals surface area contributed by atoms with E-state index in [1.54, 1.807) is 13.8 Å². The number of methoxy groups -OCH3 is 1. The number of carbonyl (C=O) groups is 1. The lowest BCUT2D eigenvalue weighted by molar-refractivity contribution is -0.382. The minimum absolute atomic E-state index is 0.0106. The van der Waals surface area contributed by atoms with Crippen molar-refractivity contribution in [3.05, 3.63) is 23.5 Å². The van der Waals surface area contributed by atoms with Crippen molar-refractivity contribution in [1.29, 1.82) is 0 Å². The summed E-state index contributed by atoms with van der Waals surface area (Å²) in [6, 6.07) is 0. The van der Waals surface area contributed by atoms with Crippen LogP contribution < -0.4 is 0 Å². The number of allylic oxidation sites excluding steroid dienone is 2. The average molecular weight is 492 g/mol. The Kier molecular flexibility index (Phi) is 7.17. The number of alkyl halides is 9. The van der Waals surface area contributed by atoms with Gasteiger partial charge in [0.2, 0.25) is 0 Å². The fourth-order valence-corrected chi connectivity index (χ4v) is 3.56. The molecule has 0 fully saturated rings. The molecule has 0 spiro atoms. The highest BCUT2D eigenvalue weighted by Gasteiger charge is 2.86. The molecule has 0 aromatic carbocycles. The van der Waals surface area contributed by atoms with Crippen LogP contribution in [0, 0.1) is 5.41 Å². The number of halogens is 9. The zero-order valence-electron chi connectivity index (χ0n) is 16.1. The molecule has 0 saturated heterocycles. The van der Waals surface area contributed by atoms with E-state index in [9.17, 15) is 52.7 Å². The van der Waals surface area contributed by atoms with Crippen LogP contribution >= 0.6 is 0 Å². The van der Waals surface area contributed by atoms with E-state index in [-0.39, 0.29) is 23.8 Å². The zero-order valence-corrected chi connectivity index (χ0v) is 16.9. The van der Waals surface area contributed by atoms with Gasteiger partial charge in [-0.25, -0.2) is 4.79 Å². The molecule has 0 heterocycles. The number of ether oxygens (including phenoxy) is 1. The molecule has 31 heavy (non-hydrogen) atoms. The van der Waals surface area contributed by atoms with E-state index >= 15 is 0 Å². The quantitative estimate of drug-likeness (QED) is 0.218. The van der Waals surface area contributed by atoms with Crippen molar-refractivity contribution >= 4 is 16.1 Å². The number of rotatable bonds is 7. The summed E-state index contributed by atoms with van der Waals surface area (Å²) in [5.41, 5.74) is -0.880. The molecule has 0 atom stereocenters. The Hall–Kier alpha value is -1.93. The van der Waals surface area contributed by atoms with Gasteiger partial charge in [-0.05, 0) is 36.3 Å². The van der Waals surface area contributed by atoms with Crippen LogP contribution in [0.25, 0.3) is 0 Å². The Labute approximate surface area is 171 Å². The van der Waals surface area contributed by atoms with Crippen LogP contribution in [0.5, 0.6) is 0 Å². The van der Waals surface area contributed by atoms with Gasteiger partial charge < -0.3 is 8.92 Å². The van der Waals surface area contributed by atoms with Crippen LogP contribution in [0.15, 0.2) is 23.5 Å². The molecule has 0 aromatic rings. The van der Waals surface area contributed by atoms with Gasteiger partial charge in [-0.1, -0.05) is 13.8 Å². The third-order valence-corrected chi connectivity index (χ3v) is 5.81. The molecule has 180 valence electrons.